The highest BCUT2D eigenvalue weighted by Gasteiger charge is 2.26. The first-order chi connectivity index (χ1) is 15.1. The van der Waals surface area contributed by atoms with E-state index in [2.05, 4.69) is 4.98 Å². The van der Waals surface area contributed by atoms with Crippen LogP contribution in [0.15, 0.2) is 46.9 Å². The van der Waals surface area contributed by atoms with Gasteiger partial charge in [0.05, 0.1) is 33.0 Å². The van der Waals surface area contributed by atoms with Gasteiger partial charge < -0.3 is 28.3 Å². The minimum atomic E-state index is -0.206. The molecule has 0 saturated carbocycles. The predicted molar refractivity (Wildman–Crippen MR) is 112 cm³/mol. The standard InChI is InChI=1S/C23H24N2O6/c1-27-14-17-7-8-19(31-17)23(26)25-9-10-30-22-16(13-25)11-15(12-20(22)28-2)18-5-4-6-21(24-18)29-3/h4-8,11-12H,9-10,13-14H2,1-3H3. The number of aromatic nitrogens is 1. The highest BCUT2D eigenvalue weighted by Crippen LogP contribution is 2.38. The second-order valence-electron chi connectivity index (χ2n) is 7.01. The lowest BCUT2D eigenvalue weighted by Crippen LogP contribution is -2.32. The first kappa shape index (κ1) is 20.7. The number of ether oxygens (including phenoxy) is 4. The van der Waals surface area contributed by atoms with Gasteiger partial charge in [0.2, 0.25) is 5.88 Å². The SMILES string of the molecule is COCc1ccc(C(=O)N2CCOc3c(cc(-c4cccc(OC)n4)cc3OC)C2)o1. The monoisotopic (exact) mass is 424 g/mol. The zero-order valence-electron chi connectivity index (χ0n) is 17.7. The number of rotatable bonds is 6. The Bertz CT molecular complexity index is 1080. The van der Waals surface area contributed by atoms with E-state index >= 15 is 0 Å². The normalized spacial score (nSPS) is 13.2. The van der Waals surface area contributed by atoms with Crippen LogP contribution in [0.2, 0.25) is 0 Å². The Labute approximate surface area is 180 Å². The number of benzene rings is 1. The van der Waals surface area contributed by atoms with Gasteiger partial charge in [-0.3, -0.25) is 4.79 Å². The number of hydrogen-bond donors (Lipinski definition) is 0. The third-order valence-corrected chi connectivity index (χ3v) is 5.00. The molecule has 0 saturated heterocycles. The van der Waals surface area contributed by atoms with Gasteiger partial charge >= 0.3 is 0 Å². The molecule has 0 radical (unpaired) electrons. The fraction of sp³-hybridized carbons (Fsp3) is 0.304. The van der Waals surface area contributed by atoms with Crippen molar-refractivity contribution in [2.75, 3.05) is 34.5 Å². The molecule has 3 heterocycles. The molecule has 8 heteroatoms. The lowest BCUT2D eigenvalue weighted by atomic mass is 10.0. The van der Waals surface area contributed by atoms with Crippen LogP contribution in [0.4, 0.5) is 0 Å². The minimum absolute atomic E-state index is 0.206. The maximum atomic E-state index is 13.0. The molecule has 1 aliphatic rings. The second-order valence-corrected chi connectivity index (χ2v) is 7.01. The van der Waals surface area contributed by atoms with Crippen molar-refractivity contribution >= 4 is 5.91 Å². The van der Waals surface area contributed by atoms with Gasteiger partial charge in [-0.2, -0.15) is 0 Å². The summed E-state index contributed by atoms with van der Waals surface area (Å²) in [5.74, 6) is 2.40. The topological polar surface area (TPSA) is 83.3 Å². The number of carbonyl (C=O) groups excluding carboxylic acids is 1. The average molecular weight is 424 g/mol. The summed E-state index contributed by atoms with van der Waals surface area (Å²) in [4.78, 5) is 19.3. The van der Waals surface area contributed by atoms with Crippen molar-refractivity contribution < 1.29 is 28.2 Å². The van der Waals surface area contributed by atoms with Crippen LogP contribution in [0.1, 0.15) is 21.9 Å². The van der Waals surface area contributed by atoms with Gasteiger partial charge in [0, 0.05) is 24.3 Å². The molecule has 0 spiro atoms. The van der Waals surface area contributed by atoms with Gasteiger partial charge in [-0.25, -0.2) is 4.98 Å². The number of hydrogen-bond acceptors (Lipinski definition) is 7. The van der Waals surface area contributed by atoms with Gasteiger partial charge in [-0.1, -0.05) is 6.07 Å². The Kier molecular flexibility index (Phi) is 6.08. The van der Waals surface area contributed by atoms with Crippen LogP contribution >= 0.6 is 0 Å². The van der Waals surface area contributed by atoms with Gasteiger partial charge in [0.15, 0.2) is 17.3 Å². The zero-order chi connectivity index (χ0) is 21.8. The summed E-state index contributed by atoms with van der Waals surface area (Å²) in [6.07, 6.45) is 0. The molecule has 0 atom stereocenters. The molecule has 4 rings (SSSR count). The van der Waals surface area contributed by atoms with Gasteiger partial charge in [-0.15, -0.1) is 0 Å². The largest absolute Gasteiger partial charge is 0.493 e. The molecule has 0 unspecified atom stereocenters. The number of amides is 1. The summed E-state index contributed by atoms with van der Waals surface area (Å²) in [7, 11) is 4.75. The summed E-state index contributed by atoms with van der Waals surface area (Å²) in [6, 6.07) is 12.8. The first-order valence-corrected chi connectivity index (χ1v) is 9.85. The van der Waals surface area contributed by atoms with Crippen molar-refractivity contribution in [3.8, 4) is 28.6 Å². The Morgan fingerprint density at radius 3 is 2.77 bits per heavy atom. The molecule has 1 aliphatic heterocycles. The number of nitrogens with zero attached hydrogens (tertiary/aromatic N) is 2. The third-order valence-electron chi connectivity index (χ3n) is 5.00. The van der Waals surface area contributed by atoms with Crippen molar-refractivity contribution in [1.29, 1.82) is 0 Å². The molecule has 2 aromatic heterocycles. The van der Waals surface area contributed by atoms with Crippen molar-refractivity contribution in [2.45, 2.75) is 13.2 Å². The molecule has 0 fully saturated rings. The van der Waals surface area contributed by atoms with Crippen LogP contribution in [0.5, 0.6) is 17.4 Å². The van der Waals surface area contributed by atoms with E-state index < -0.39 is 0 Å². The predicted octanol–water partition coefficient (Wildman–Crippen LogP) is 3.54. The average Bonchev–Trinajstić information content (AvgIpc) is 3.16. The molecular weight excluding hydrogens is 400 g/mol. The molecule has 0 aliphatic carbocycles. The van der Waals surface area contributed by atoms with Crippen LogP contribution in [0, 0.1) is 0 Å². The molecule has 8 nitrogen and oxygen atoms in total. The van der Waals surface area contributed by atoms with E-state index in [0.29, 0.717) is 49.4 Å². The van der Waals surface area contributed by atoms with Crippen molar-refractivity contribution in [3.05, 3.63) is 59.5 Å². The molecule has 1 amide bonds. The summed E-state index contributed by atoms with van der Waals surface area (Å²) in [6.45, 7) is 1.43. The quantitative estimate of drug-likeness (QED) is 0.598. The zero-order valence-corrected chi connectivity index (χ0v) is 17.7. The van der Waals surface area contributed by atoms with Gasteiger partial charge in [0.25, 0.3) is 5.91 Å². The van der Waals surface area contributed by atoms with E-state index in [0.717, 1.165) is 16.8 Å². The maximum absolute atomic E-state index is 13.0. The van der Waals surface area contributed by atoms with Crippen molar-refractivity contribution in [3.63, 3.8) is 0 Å². The van der Waals surface area contributed by atoms with Crippen LogP contribution in [0.3, 0.4) is 0 Å². The fourth-order valence-electron chi connectivity index (χ4n) is 3.51. The van der Waals surface area contributed by atoms with Crippen LogP contribution < -0.4 is 14.2 Å². The number of carbonyl (C=O) groups is 1. The minimum Gasteiger partial charge on any atom is -0.493 e. The Morgan fingerprint density at radius 1 is 1.13 bits per heavy atom. The van der Waals surface area contributed by atoms with Gasteiger partial charge in [0.1, 0.15) is 19.0 Å². The van der Waals surface area contributed by atoms with Crippen molar-refractivity contribution in [2.24, 2.45) is 0 Å². The second kappa shape index (κ2) is 9.09. The molecule has 3 aromatic rings. The number of pyridine rings is 1. The van der Waals surface area contributed by atoms with Crippen LogP contribution in [0.25, 0.3) is 11.3 Å². The molecular formula is C23H24N2O6. The Hall–Kier alpha value is -3.52. The molecule has 31 heavy (non-hydrogen) atoms. The number of furan rings is 1. The summed E-state index contributed by atoms with van der Waals surface area (Å²) in [5.41, 5.74) is 2.40. The van der Waals surface area contributed by atoms with E-state index in [1.807, 2.05) is 24.3 Å². The highest BCUT2D eigenvalue weighted by molar-refractivity contribution is 5.91. The third kappa shape index (κ3) is 4.34. The number of methoxy groups -OCH3 is 3. The van der Waals surface area contributed by atoms with E-state index in [1.54, 1.807) is 44.4 Å². The van der Waals surface area contributed by atoms with Crippen LogP contribution in [-0.4, -0.2) is 50.3 Å². The molecule has 0 bridgehead atoms. The summed E-state index contributed by atoms with van der Waals surface area (Å²) < 4.78 is 27.5. The lowest BCUT2D eigenvalue weighted by molar-refractivity contribution is 0.0693. The molecule has 1 aromatic carbocycles. The van der Waals surface area contributed by atoms with E-state index in [4.69, 9.17) is 23.4 Å². The van der Waals surface area contributed by atoms with Crippen LogP contribution in [-0.2, 0) is 17.9 Å². The molecule has 0 N–H and O–H groups in total. The van der Waals surface area contributed by atoms with E-state index in [-0.39, 0.29) is 11.7 Å². The summed E-state index contributed by atoms with van der Waals surface area (Å²) >= 11 is 0. The maximum Gasteiger partial charge on any atom is 0.289 e. The summed E-state index contributed by atoms with van der Waals surface area (Å²) in [5, 5.41) is 0. The smallest absolute Gasteiger partial charge is 0.289 e. The van der Waals surface area contributed by atoms with Gasteiger partial charge in [-0.05, 0) is 30.3 Å². The lowest BCUT2D eigenvalue weighted by Gasteiger charge is -2.19. The Balaban J connectivity index is 1.67. The Morgan fingerprint density at radius 2 is 2.00 bits per heavy atom. The van der Waals surface area contributed by atoms with E-state index in [9.17, 15) is 4.79 Å². The van der Waals surface area contributed by atoms with E-state index in [1.165, 1.54) is 0 Å². The molecule has 162 valence electrons. The fourth-order valence-corrected chi connectivity index (χ4v) is 3.51. The van der Waals surface area contributed by atoms with Crippen molar-refractivity contribution in [1.82, 2.24) is 9.88 Å². The number of fused-ring (bicyclic) bond motifs is 1. The highest BCUT2D eigenvalue weighted by atomic mass is 16.5. The first-order valence-electron chi connectivity index (χ1n) is 9.85.